The third-order valence-corrected chi connectivity index (χ3v) is 4.58. The fourth-order valence-corrected chi connectivity index (χ4v) is 3.56. The predicted octanol–water partition coefficient (Wildman–Crippen LogP) is 3.89. The molecule has 0 aliphatic carbocycles. The Balaban J connectivity index is 3.12. The van der Waals surface area contributed by atoms with Gasteiger partial charge in [-0.2, -0.15) is 4.31 Å². The summed E-state index contributed by atoms with van der Waals surface area (Å²) in [5.41, 5.74) is 0. The summed E-state index contributed by atoms with van der Waals surface area (Å²) in [7, 11) is -3.76. The molecule has 0 atom stereocenters. The smallest absolute Gasteiger partial charge is 0.207 e. The average Bonchev–Trinajstić information content (AvgIpc) is 2.27. The van der Waals surface area contributed by atoms with Crippen LogP contribution in [0.4, 0.5) is 0 Å². The minimum atomic E-state index is -3.76. The molecule has 0 spiro atoms. The normalized spacial score (nSPS) is 12.7. The maximum atomic E-state index is 12.4. The van der Waals surface area contributed by atoms with Gasteiger partial charge in [0.2, 0.25) is 13.8 Å². The lowest BCUT2D eigenvalue weighted by molar-refractivity contribution is 0.449. The monoisotopic (exact) mass is 361 g/mol. The lowest BCUT2D eigenvalue weighted by Gasteiger charge is -2.24. The Morgan fingerprint density at radius 1 is 1.21 bits per heavy atom. The van der Waals surface area contributed by atoms with E-state index in [1.165, 1.54) is 30.3 Å². The van der Waals surface area contributed by atoms with Gasteiger partial charge in [-0.3, -0.25) is 0 Å². The molecule has 3 nitrogen and oxygen atoms in total. The van der Waals surface area contributed by atoms with E-state index < -0.39 is 13.8 Å². The fraction of sp³-hybridized carbons (Fsp3) is 0.273. The Labute approximate surface area is 132 Å². The lowest BCUT2D eigenvalue weighted by Crippen LogP contribution is -2.37. The topological polar surface area (TPSA) is 37.4 Å². The summed E-state index contributed by atoms with van der Waals surface area (Å²) in [5.74, 6) is 0. The molecular weight excluding hydrogens is 352 g/mol. The van der Waals surface area contributed by atoms with Gasteiger partial charge in [-0.1, -0.05) is 52.5 Å². The largest absolute Gasteiger partial charge is 0.243 e. The molecule has 0 saturated carbocycles. The molecule has 0 fully saturated rings. The van der Waals surface area contributed by atoms with Gasteiger partial charge in [-0.25, -0.2) is 8.42 Å². The summed E-state index contributed by atoms with van der Waals surface area (Å²) in [5, 5.41) is 0.440. The van der Waals surface area contributed by atoms with E-state index in [4.69, 9.17) is 46.4 Å². The number of alkyl halides is 3. The first-order chi connectivity index (χ1) is 8.66. The summed E-state index contributed by atoms with van der Waals surface area (Å²) < 4.78 is 24.1. The van der Waals surface area contributed by atoms with Crippen LogP contribution in [0.3, 0.4) is 0 Å². The summed E-state index contributed by atoms with van der Waals surface area (Å²) >= 11 is 22.7. The van der Waals surface area contributed by atoms with Crippen LogP contribution >= 0.6 is 46.4 Å². The first-order valence-electron chi connectivity index (χ1n) is 5.10. The van der Waals surface area contributed by atoms with Crippen molar-refractivity contribution in [3.05, 3.63) is 41.9 Å². The highest BCUT2D eigenvalue weighted by Gasteiger charge is 2.31. The van der Waals surface area contributed by atoms with Gasteiger partial charge in [-0.05, 0) is 24.3 Å². The van der Waals surface area contributed by atoms with Crippen molar-refractivity contribution >= 4 is 56.4 Å². The van der Waals surface area contributed by atoms with Crippen LogP contribution in [0.15, 0.2) is 41.8 Å². The molecule has 106 valence electrons. The molecule has 1 aromatic rings. The second-order valence-electron chi connectivity index (χ2n) is 3.66. The van der Waals surface area contributed by atoms with E-state index in [-0.39, 0.29) is 18.0 Å². The highest BCUT2D eigenvalue weighted by Crippen LogP contribution is 2.29. The molecule has 0 bridgehead atoms. The van der Waals surface area contributed by atoms with E-state index in [0.29, 0.717) is 5.02 Å². The zero-order valence-electron chi connectivity index (χ0n) is 9.69. The quantitative estimate of drug-likeness (QED) is 0.588. The molecule has 0 heterocycles. The number of hydrogen-bond donors (Lipinski definition) is 0. The van der Waals surface area contributed by atoms with Gasteiger partial charge >= 0.3 is 0 Å². The van der Waals surface area contributed by atoms with Crippen LogP contribution < -0.4 is 0 Å². The van der Waals surface area contributed by atoms with Gasteiger partial charge in [0.15, 0.2) is 0 Å². The molecular formula is C11H11Cl4NO2S. The second kappa shape index (κ2) is 6.66. The Kier molecular flexibility index (Phi) is 5.98. The Morgan fingerprint density at radius 3 is 2.16 bits per heavy atom. The third-order valence-electron chi connectivity index (χ3n) is 2.14. The molecule has 0 aromatic heterocycles. The summed E-state index contributed by atoms with van der Waals surface area (Å²) in [6.45, 7) is 3.27. The molecule has 1 rings (SSSR count). The highest BCUT2D eigenvalue weighted by molar-refractivity contribution is 7.89. The van der Waals surface area contributed by atoms with Crippen LogP contribution in [-0.4, -0.2) is 29.6 Å². The fourth-order valence-electron chi connectivity index (χ4n) is 1.35. The highest BCUT2D eigenvalue weighted by atomic mass is 35.6. The molecule has 1 aromatic carbocycles. The SMILES string of the molecule is C=CCN(CC(Cl)(Cl)Cl)S(=O)(=O)c1ccc(Cl)cc1. The van der Waals surface area contributed by atoms with Crippen molar-refractivity contribution in [1.29, 1.82) is 0 Å². The molecule has 0 radical (unpaired) electrons. The second-order valence-corrected chi connectivity index (χ2v) is 8.55. The number of nitrogens with zero attached hydrogens (tertiary/aromatic N) is 1. The maximum Gasteiger partial charge on any atom is 0.243 e. The molecule has 0 N–H and O–H groups in total. The zero-order valence-corrected chi connectivity index (χ0v) is 13.5. The molecule has 0 saturated heterocycles. The summed E-state index contributed by atoms with van der Waals surface area (Å²) in [6.07, 6.45) is 1.42. The van der Waals surface area contributed by atoms with Crippen LogP contribution in [0.25, 0.3) is 0 Å². The number of halogens is 4. The van der Waals surface area contributed by atoms with Crippen LogP contribution in [0, 0.1) is 0 Å². The van der Waals surface area contributed by atoms with Crippen molar-refractivity contribution in [1.82, 2.24) is 4.31 Å². The number of rotatable bonds is 5. The Hall–Kier alpha value is 0.0300. The standard InChI is InChI=1S/C11H11Cl4NO2S/c1-2-7-16(8-11(13,14)15)19(17,18)10-5-3-9(12)4-6-10/h2-6H,1,7-8H2. The van der Waals surface area contributed by atoms with Crippen molar-refractivity contribution in [3.8, 4) is 0 Å². The van der Waals surface area contributed by atoms with E-state index in [2.05, 4.69) is 6.58 Å². The Morgan fingerprint density at radius 2 is 1.74 bits per heavy atom. The van der Waals surface area contributed by atoms with E-state index >= 15 is 0 Å². The van der Waals surface area contributed by atoms with Crippen molar-refractivity contribution in [2.24, 2.45) is 0 Å². The van der Waals surface area contributed by atoms with E-state index in [1.807, 2.05) is 0 Å². The molecule has 19 heavy (non-hydrogen) atoms. The minimum Gasteiger partial charge on any atom is -0.207 e. The van der Waals surface area contributed by atoms with Crippen LogP contribution in [0.2, 0.25) is 5.02 Å². The molecule has 8 heteroatoms. The molecule has 0 aliphatic rings. The van der Waals surface area contributed by atoms with Gasteiger partial charge in [0, 0.05) is 11.6 Å². The van der Waals surface area contributed by atoms with Gasteiger partial charge in [0.1, 0.15) is 0 Å². The number of benzene rings is 1. The summed E-state index contributed by atoms with van der Waals surface area (Å²) in [4.78, 5) is 0.0769. The number of hydrogen-bond acceptors (Lipinski definition) is 2. The first kappa shape index (κ1) is 17.1. The lowest BCUT2D eigenvalue weighted by atomic mass is 10.4. The predicted molar refractivity (Wildman–Crippen MR) is 80.7 cm³/mol. The van der Waals surface area contributed by atoms with Gasteiger partial charge < -0.3 is 0 Å². The van der Waals surface area contributed by atoms with E-state index in [9.17, 15) is 8.42 Å². The van der Waals surface area contributed by atoms with Crippen LogP contribution in [-0.2, 0) is 10.0 Å². The minimum absolute atomic E-state index is 0.0405. The van der Waals surface area contributed by atoms with Crippen LogP contribution in [0.1, 0.15) is 0 Å². The van der Waals surface area contributed by atoms with Crippen molar-refractivity contribution in [2.45, 2.75) is 8.69 Å². The van der Waals surface area contributed by atoms with Crippen molar-refractivity contribution in [2.75, 3.05) is 13.1 Å². The molecule has 0 aliphatic heterocycles. The third kappa shape index (κ3) is 5.14. The van der Waals surface area contributed by atoms with Crippen LogP contribution in [0.5, 0.6) is 0 Å². The van der Waals surface area contributed by atoms with Crippen molar-refractivity contribution in [3.63, 3.8) is 0 Å². The average molecular weight is 363 g/mol. The van der Waals surface area contributed by atoms with E-state index in [1.54, 1.807) is 0 Å². The van der Waals surface area contributed by atoms with Gasteiger partial charge in [0.25, 0.3) is 0 Å². The van der Waals surface area contributed by atoms with Gasteiger partial charge in [-0.15, -0.1) is 6.58 Å². The Bertz CT molecular complexity index is 537. The zero-order chi connectivity index (χ0) is 14.7. The van der Waals surface area contributed by atoms with Crippen molar-refractivity contribution < 1.29 is 8.42 Å². The van der Waals surface area contributed by atoms with Gasteiger partial charge in [0.05, 0.1) is 11.4 Å². The molecule has 0 amide bonds. The van der Waals surface area contributed by atoms with E-state index in [0.717, 1.165) is 4.31 Å². The summed E-state index contributed by atoms with van der Waals surface area (Å²) in [6, 6.07) is 5.75. The maximum absolute atomic E-state index is 12.4. The first-order valence-corrected chi connectivity index (χ1v) is 8.05. The molecule has 0 unspecified atom stereocenters. The number of sulfonamides is 1.